The number of hydrogen-bond donors (Lipinski definition) is 1. The van der Waals surface area contributed by atoms with Crippen LogP contribution in [0.3, 0.4) is 0 Å². The first-order valence-corrected chi connectivity index (χ1v) is 9.98. The van der Waals surface area contributed by atoms with E-state index in [1.165, 1.54) is 18.9 Å². The molecule has 27 heavy (non-hydrogen) atoms. The van der Waals surface area contributed by atoms with Crippen molar-refractivity contribution in [3.05, 3.63) is 33.9 Å². The molecule has 0 amide bonds. The van der Waals surface area contributed by atoms with Crippen LogP contribution in [0.2, 0.25) is 0 Å². The first-order chi connectivity index (χ1) is 12.6. The molecule has 1 unspecified atom stereocenters. The Morgan fingerprint density at radius 1 is 1.19 bits per heavy atom. The fraction of sp³-hybridized carbons (Fsp3) is 0.550. The van der Waals surface area contributed by atoms with Gasteiger partial charge in [-0.25, -0.2) is 9.78 Å². The van der Waals surface area contributed by atoms with E-state index < -0.39 is 5.97 Å². The second-order valence-corrected chi connectivity index (χ2v) is 8.62. The number of aromatic nitrogens is 3. The Bertz CT molecular complexity index is 864. The summed E-state index contributed by atoms with van der Waals surface area (Å²) in [5.74, 6) is 0.00283. The van der Waals surface area contributed by atoms with Gasteiger partial charge in [-0.1, -0.05) is 25.6 Å². The molecule has 0 aliphatic carbocycles. The molecule has 2 rings (SSSR count). The summed E-state index contributed by atoms with van der Waals surface area (Å²) in [6.07, 6.45) is 0. The van der Waals surface area contributed by atoms with Gasteiger partial charge in [0, 0.05) is 17.9 Å². The predicted molar refractivity (Wildman–Crippen MR) is 108 cm³/mol. The van der Waals surface area contributed by atoms with Crippen LogP contribution in [0.15, 0.2) is 5.16 Å². The van der Waals surface area contributed by atoms with Crippen LogP contribution in [0.25, 0.3) is 0 Å². The number of Topliss-reactive ketones (excluding diaryl/α,β-unsaturated/α-hetero) is 1. The van der Waals surface area contributed by atoms with Crippen LogP contribution in [0.4, 0.5) is 0 Å². The topological polar surface area (TPSA) is 77.0 Å². The molecule has 0 fully saturated rings. The van der Waals surface area contributed by atoms with Crippen LogP contribution >= 0.6 is 11.8 Å². The van der Waals surface area contributed by atoms with Gasteiger partial charge in [0.1, 0.15) is 0 Å². The summed E-state index contributed by atoms with van der Waals surface area (Å²) in [5, 5.41) is 0.521. The third-order valence-corrected chi connectivity index (χ3v) is 5.79. The molecule has 0 saturated carbocycles. The van der Waals surface area contributed by atoms with Crippen LogP contribution in [0, 0.1) is 33.6 Å². The van der Waals surface area contributed by atoms with E-state index in [4.69, 9.17) is 4.74 Å². The minimum atomic E-state index is -0.431. The molecule has 0 aliphatic heterocycles. The Balaban J connectivity index is 2.30. The molecule has 6 nitrogen and oxygen atoms in total. The number of aromatic amines is 1. The quantitative estimate of drug-likeness (QED) is 0.434. The van der Waals surface area contributed by atoms with E-state index in [0.717, 1.165) is 23.1 Å². The molecule has 1 N–H and O–H groups in total. The van der Waals surface area contributed by atoms with Crippen molar-refractivity contribution in [2.75, 3.05) is 7.11 Å². The van der Waals surface area contributed by atoms with Gasteiger partial charge in [-0.3, -0.25) is 4.79 Å². The Kier molecular flexibility index (Phi) is 6.57. The lowest BCUT2D eigenvalue weighted by atomic mass is 10.1. The smallest absolute Gasteiger partial charge is 0.339 e. The van der Waals surface area contributed by atoms with Crippen molar-refractivity contribution in [3.8, 4) is 0 Å². The van der Waals surface area contributed by atoms with E-state index in [9.17, 15) is 9.59 Å². The van der Waals surface area contributed by atoms with E-state index in [2.05, 4.69) is 35.3 Å². The molecule has 0 radical (unpaired) electrons. The fourth-order valence-corrected chi connectivity index (χ4v) is 4.18. The highest BCUT2D eigenvalue weighted by molar-refractivity contribution is 8.00. The summed E-state index contributed by atoms with van der Waals surface area (Å²) < 4.78 is 7.01. The lowest BCUT2D eigenvalue weighted by molar-refractivity contribution is 0.0599. The normalized spacial score (nSPS) is 12.5. The molecule has 0 saturated heterocycles. The highest BCUT2D eigenvalue weighted by atomic mass is 32.2. The van der Waals surface area contributed by atoms with Gasteiger partial charge in [0.05, 0.1) is 29.3 Å². The molecular weight excluding hydrogens is 362 g/mol. The van der Waals surface area contributed by atoms with Gasteiger partial charge < -0.3 is 14.3 Å². The Morgan fingerprint density at radius 2 is 1.81 bits per heavy atom. The molecule has 2 aromatic rings. The number of nitrogens with zero attached hydrogens (tertiary/aromatic N) is 2. The number of rotatable bonds is 7. The number of H-pyrrole nitrogens is 1. The van der Waals surface area contributed by atoms with Gasteiger partial charge in [0.15, 0.2) is 10.9 Å². The number of imidazole rings is 1. The predicted octanol–water partition coefficient (Wildman–Crippen LogP) is 4.25. The van der Waals surface area contributed by atoms with E-state index in [-0.39, 0.29) is 11.0 Å². The van der Waals surface area contributed by atoms with E-state index in [1.807, 2.05) is 13.8 Å². The molecule has 0 aliphatic rings. The monoisotopic (exact) mass is 391 g/mol. The molecule has 0 spiro atoms. The third kappa shape index (κ3) is 4.29. The molecule has 2 aromatic heterocycles. The van der Waals surface area contributed by atoms with Crippen LogP contribution < -0.4 is 0 Å². The minimum absolute atomic E-state index is 0.0508. The summed E-state index contributed by atoms with van der Waals surface area (Å²) in [6.45, 7) is 14.7. The van der Waals surface area contributed by atoms with Crippen LogP contribution in [0.5, 0.6) is 0 Å². The van der Waals surface area contributed by atoms with Crippen molar-refractivity contribution in [1.82, 2.24) is 14.5 Å². The van der Waals surface area contributed by atoms with E-state index in [1.54, 1.807) is 13.8 Å². The SMILES string of the molecule is COC(=O)c1c(C)[nH]c(C(=O)C(C)Sc2nc(C)c(C)n2CC(C)C)c1C. The highest BCUT2D eigenvalue weighted by Gasteiger charge is 2.27. The summed E-state index contributed by atoms with van der Waals surface area (Å²) in [4.78, 5) is 32.7. The molecule has 2 heterocycles. The number of nitrogens with one attached hydrogen (secondary N) is 1. The lowest BCUT2D eigenvalue weighted by Gasteiger charge is -2.15. The van der Waals surface area contributed by atoms with E-state index >= 15 is 0 Å². The summed E-state index contributed by atoms with van der Waals surface area (Å²) in [6, 6.07) is 0. The van der Waals surface area contributed by atoms with Gasteiger partial charge in [-0.15, -0.1) is 0 Å². The lowest BCUT2D eigenvalue weighted by Crippen LogP contribution is -2.17. The van der Waals surface area contributed by atoms with Crippen LogP contribution in [0.1, 0.15) is 64.3 Å². The maximum atomic E-state index is 13.0. The second kappa shape index (κ2) is 8.33. The second-order valence-electron chi connectivity index (χ2n) is 7.31. The maximum absolute atomic E-state index is 13.0. The average molecular weight is 392 g/mol. The number of esters is 1. The van der Waals surface area contributed by atoms with Crippen molar-refractivity contribution in [2.45, 2.75) is 65.4 Å². The van der Waals surface area contributed by atoms with Crippen molar-refractivity contribution >= 4 is 23.5 Å². The minimum Gasteiger partial charge on any atom is -0.465 e. The largest absolute Gasteiger partial charge is 0.465 e. The molecule has 0 bridgehead atoms. The van der Waals surface area contributed by atoms with Gasteiger partial charge in [-0.05, 0) is 46.1 Å². The number of thioether (sulfide) groups is 1. The Labute approximate surface area is 165 Å². The number of methoxy groups -OCH3 is 1. The maximum Gasteiger partial charge on any atom is 0.339 e. The van der Waals surface area contributed by atoms with Crippen molar-refractivity contribution in [2.24, 2.45) is 5.92 Å². The van der Waals surface area contributed by atoms with Crippen LogP contribution in [-0.4, -0.2) is 38.6 Å². The number of carbonyl (C=O) groups excluding carboxylic acids is 2. The molecular formula is C20H29N3O3S. The zero-order valence-corrected chi connectivity index (χ0v) is 18.2. The van der Waals surface area contributed by atoms with Crippen molar-refractivity contribution < 1.29 is 14.3 Å². The summed E-state index contributed by atoms with van der Waals surface area (Å²) in [7, 11) is 1.34. The average Bonchev–Trinajstić information content (AvgIpc) is 3.03. The number of carbonyl (C=O) groups is 2. The highest BCUT2D eigenvalue weighted by Crippen LogP contribution is 2.29. The van der Waals surface area contributed by atoms with Gasteiger partial charge in [0.25, 0.3) is 0 Å². The van der Waals surface area contributed by atoms with Crippen LogP contribution in [-0.2, 0) is 11.3 Å². The number of hydrogen-bond acceptors (Lipinski definition) is 5. The van der Waals surface area contributed by atoms with E-state index in [0.29, 0.717) is 28.4 Å². The van der Waals surface area contributed by atoms with Gasteiger partial charge in [-0.2, -0.15) is 0 Å². The zero-order chi connectivity index (χ0) is 20.5. The third-order valence-electron chi connectivity index (χ3n) is 4.70. The number of ether oxygens (including phenoxy) is 1. The molecule has 148 valence electrons. The molecule has 7 heteroatoms. The first-order valence-electron chi connectivity index (χ1n) is 9.10. The first kappa shape index (κ1) is 21.3. The standard InChI is InChI=1S/C20H29N3O3S/c1-10(2)9-23-14(6)12(4)22-20(23)27-15(7)18(24)17-11(3)16(13(5)21-17)19(25)26-8/h10,15,21H,9H2,1-8H3. The number of ketones is 1. The molecule has 0 aromatic carbocycles. The number of aryl methyl sites for hydroxylation is 2. The molecule has 1 atom stereocenters. The summed E-state index contributed by atoms with van der Waals surface area (Å²) in [5.41, 5.74) is 4.29. The Hall–Kier alpha value is -2.02. The van der Waals surface area contributed by atoms with Gasteiger partial charge >= 0.3 is 5.97 Å². The summed E-state index contributed by atoms with van der Waals surface area (Å²) >= 11 is 1.45. The van der Waals surface area contributed by atoms with Crippen molar-refractivity contribution in [3.63, 3.8) is 0 Å². The van der Waals surface area contributed by atoms with Crippen molar-refractivity contribution in [1.29, 1.82) is 0 Å². The van der Waals surface area contributed by atoms with Gasteiger partial charge in [0.2, 0.25) is 0 Å². The fourth-order valence-electron chi connectivity index (χ4n) is 3.11. The zero-order valence-electron chi connectivity index (χ0n) is 17.4. The Morgan fingerprint density at radius 3 is 2.37 bits per heavy atom.